The molecule has 0 spiro atoms. The number of rotatable bonds is 3. The lowest BCUT2D eigenvalue weighted by Crippen LogP contribution is -2.46. The zero-order chi connectivity index (χ0) is 13.1. The van der Waals surface area contributed by atoms with Crippen LogP contribution in [0.15, 0.2) is 24.3 Å². The van der Waals surface area contributed by atoms with E-state index in [0.717, 1.165) is 0 Å². The summed E-state index contributed by atoms with van der Waals surface area (Å²) in [5, 5.41) is 8.79. The third kappa shape index (κ3) is 2.98. The Morgan fingerprint density at radius 2 is 2.18 bits per heavy atom. The van der Waals surface area contributed by atoms with E-state index >= 15 is 0 Å². The molecule has 17 heavy (non-hydrogen) atoms. The minimum absolute atomic E-state index is 0.132. The minimum atomic E-state index is -0.415. The molecule has 0 aromatic heterocycles. The van der Waals surface area contributed by atoms with E-state index in [4.69, 9.17) is 16.9 Å². The van der Waals surface area contributed by atoms with Crippen LogP contribution < -0.4 is 0 Å². The lowest BCUT2D eigenvalue weighted by Gasteiger charge is -2.34. The second kappa shape index (κ2) is 5.20. The predicted octanol–water partition coefficient (Wildman–Crippen LogP) is 2.65. The molecule has 0 N–H and O–H groups in total. The largest absolute Gasteiger partial charge is 0.335 e. The van der Waals surface area contributed by atoms with Crippen molar-refractivity contribution in [1.29, 1.82) is 5.26 Å². The van der Waals surface area contributed by atoms with Gasteiger partial charge in [-0.1, -0.05) is 6.07 Å². The Kier molecular flexibility index (Phi) is 4.14. The van der Waals surface area contributed by atoms with Gasteiger partial charge >= 0.3 is 0 Å². The fraction of sp³-hybridized carbons (Fsp3) is 0.385. The first-order valence-electron chi connectivity index (χ1n) is 5.26. The number of hydrogen-bond donors (Lipinski definition) is 0. The van der Waals surface area contributed by atoms with Crippen LogP contribution in [0.1, 0.15) is 29.8 Å². The first kappa shape index (κ1) is 13.5. The lowest BCUT2D eigenvalue weighted by atomic mass is 10.0. The molecule has 3 nitrogen and oxygen atoms in total. The number of nitriles is 1. The summed E-state index contributed by atoms with van der Waals surface area (Å²) >= 11 is 5.83. The molecule has 0 fully saturated rings. The average molecular weight is 251 g/mol. The first-order valence-corrected chi connectivity index (χ1v) is 5.80. The number of amides is 1. The van der Waals surface area contributed by atoms with Crippen LogP contribution in [0, 0.1) is 11.3 Å². The molecule has 4 heteroatoms. The second-order valence-electron chi connectivity index (χ2n) is 4.50. The molecule has 0 saturated heterocycles. The molecule has 0 heterocycles. The van der Waals surface area contributed by atoms with Gasteiger partial charge in [-0.2, -0.15) is 5.26 Å². The minimum Gasteiger partial charge on any atom is -0.335 e. The number of carbonyl (C=O) groups is 1. The molecule has 0 unspecified atom stereocenters. The first-order chi connectivity index (χ1) is 7.92. The van der Waals surface area contributed by atoms with Gasteiger partial charge in [0.15, 0.2) is 0 Å². The van der Waals surface area contributed by atoms with Crippen LogP contribution in [0.3, 0.4) is 0 Å². The van der Waals surface area contributed by atoms with Gasteiger partial charge in [0, 0.05) is 18.5 Å². The van der Waals surface area contributed by atoms with E-state index in [9.17, 15) is 4.79 Å². The highest BCUT2D eigenvalue weighted by Crippen LogP contribution is 2.17. The maximum Gasteiger partial charge on any atom is 0.254 e. The molecule has 1 aromatic carbocycles. The van der Waals surface area contributed by atoms with Crippen molar-refractivity contribution in [2.45, 2.75) is 19.4 Å². The predicted molar refractivity (Wildman–Crippen MR) is 68.0 cm³/mol. The molecule has 0 atom stereocenters. The van der Waals surface area contributed by atoms with E-state index in [1.165, 1.54) is 0 Å². The van der Waals surface area contributed by atoms with Crippen LogP contribution in [0.25, 0.3) is 0 Å². The highest BCUT2D eigenvalue weighted by Gasteiger charge is 2.27. The normalized spacial score (nSPS) is 10.8. The molecule has 1 amide bonds. The number of nitrogens with zero attached hydrogens (tertiary/aromatic N) is 2. The third-order valence-electron chi connectivity index (χ3n) is 2.78. The average Bonchev–Trinajstić information content (AvgIpc) is 2.37. The molecule has 0 aliphatic carbocycles. The zero-order valence-corrected chi connectivity index (χ0v) is 11.0. The molecule has 90 valence electrons. The summed E-state index contributed by atoms with van der Waals surface area (Å²) in [4.78, 5) is 13.8. The molecule has 0 aliphatic heterocycles. The molecular weight excluding hydrogens is 236 g/mol. The van der Waals surface area contributed by atoms with Gasteiger partial charge in [-0.05, 0) is 32.0 Å². The Balaban J connectivity index is 3.01. The fourth-order valence-electron chi connectivity index (χ4n) is 1.28. The SMILES string of the molecule is CN(C(=O)c1cccc(C#N)c1)C(C)(C)CCl. The smallest absolute Gasteiger partial charge is 0.254 e. The van der Waals surface area contributed by atoms with Crippen LogP contribution in [0.2, 0.25) is 0 Å². The standard InChI is InChI=1S/C13H15ClN2O/c1-13(2,9-14)16(3)12(17)11-6-4-5-10(7-11)8-15/h4-7H,9H2,1-3H3. The lowest BCUT2D eigenvalue weighted by molar-refractivity contribution is 0.0660. The van der Waals surface area contributed by atoms with Crippen molar-refractivity contribution in [1.82, 2.24) is 4.90 Å². The number of halogens is 1. The van der Waals surface area contributed by atoms with Crippen molar-refractivity contribution in [2.24, 2.45) is 0 Å². The van der Waals surface area contributed by atoms with Crippen molar-refractivity contribution in [3.05, 3.63) is 35.4 Å². The summed E-state index contributed by atoms with van der Waals surface area (Å²) in [6.45, 7) is 3.79. The Hall–Kier alpha value is -1.53. The topological polar surface area (TPSA) is 44.1 Å². The van der Waals surface area contributed by atoms with Gasteiger partial charge < -0.3 is 4.90 Å². The number of carbonyl (C=O) groups excluding carboxylic acids is 1. The monoisotopic (exact) mass is 250 g/mol. The molecule has 0 bridgehead atoms. The number of benzene rings is 1. The van der Waals surface area contributed by atoms with Crippen molar-refractivity contribution >= 4 is 17.5 Å². The number of alkyl halides is 1. The maximum atomic E-state index is 12.2. The van der Waals surface area contributed by atoms with Gasteiger partial charge in [0.05, 0.1) is 17.2 Å². The van der Waals surface area contributed by atoms with Crippen molar-refractivity contribution < 1.29 is 4.79 Å². The Labute approximate surface area is 107 Å². The molecule has 0 aliphatic rings. The highest BCUT2D eigenvalue weighted by atomic mass is 35.5. The summed E-state index contributed by atoms with van der Waals surface area (Å²) in [6, 6.07) is 8.67. The van der Waals surface area contributed by atoms with Crippen LogP contribution in [-0.4, -0.2) is 29.3 Å². The summed E-state index contributed by atoms with van der Waals surface area (Å²) in [6.07, 6.45) is 0. The summed E-state index contributed by atoms with van der Waals surface area (Å²) in [7, 11) is 1.71. The van der Waals surface area contributed by atoms with E-state index in [-0.39, 0.29) is 5.91 Å². The van der Waals surface area contributed by atoms with Gasteiger partial charge in [-0.25, -0.2) is 0 Å². The molecule has 0 saturated carbocycles. The van der Waals surface area contributed by atoms with Gasteiger partial charge in [0.1, 0.15) is 0 Å². The number of hydrogen-bond acceptors (Lipinski definition) is 2. The Morgan fingerprint density at radius 3 is 2.71 bits per heavy atom. The summed E-state index contributed by atoms with van der Waals surface area (Å²) in [5.74, 6) is 0.223. The van der Waals surface area contributed by atoms with E-state index < -0.39 is 5.54 Å². The quantitative estimate of drug-likeness (QED) is 0.774. The molecule has 1 rings (SSSR count). The van der Waals surface area contributed by atoms with E-state index in [2.05, 4.69) is 0 Å². The van der Waals surface area contributed by atoms with Crippen LogP contribution in [0.4, 0.5) is 0 Å². The van der Waals surface area contributed by atoms with Crippen LogP contribution >= 0.6 is 11.6 Å². The molecular formula is C13H15ClN2O. The zero-order valence-electron chi connectivity index (χ0n) is 10.2. The van der Waals surface area contributed by atoms with Gasteiger partial charge in [-0.15, -0.1) is 11.6 Å². The van der Waals surface area contributed by atoms with Gasteiger partial charge in [0.2, 0.25) is 0 Å². The third-order valence-corrected chi connectivity index (χ3v) is 3.43. The second-order valence-corrected chi connectivity index (χ2v) is 4.77. The van der Waals surface area contributed by atoms with Gasteiger partial charge in [-0.3, -0.25) is 4.79 Å². The summed E-state index contributed by atoms with van der Waals surface area (Å²) < 4.78 is 0. The van der Waals surface area contributed by atoms with E-state index in [1.807, 2.05) is 19.9 Å². The summed E-state index contributed by atoms with van der Waals surface area (Å²) in [5.41, 5.74) is 0.569. The highest BCUT2D eigenvalue weighted by molar-refractivity contribution is 6.18. The van der Waals surface area contributed by atoms with Gasteiger partial charge in [0.25, 0.3) is 5.91 Å². The Morgan fingerprint density at radius 1 is 1.53 bits per heavy atom. The maximum absolute atomic E-state index is 12.2. The van der Waals surface area contributed by atoms with Crippen molar-refractivity contribution in [3.63, 3.8) is 0 Å². The van der Waals surface area contributed by atoms with Crippen molar-refractivity contribution in [3.8, 4) is 6.07 Å². The molecule has 1 aromatic rings. The van der Waals surface area contributed by atoms with E-state index in [0.29, 0.717) is 17.0 Å². The van der Waals surface area contributed by atoms with E-state index in [1.54, 1.807) is 36.2 Å². The van der Waals surface area contributed by atoms with Crippen LogP contribution in [0.5, 0.6) is 0 Å². The molecule has 0 radical (unpaired) electrons. The Bertz CT molecular complexity index is 463. The van der Waals surface area contributed by atoms with Crippen molar-refractivity contribution in [2.75, 3.05) is 12.9 Å². The fourth-order valence-corrected chi connectivity index (χ4v) is 1.46. The van der Waals surface area contributed by atoms with Crippen LogP contribution in [-0.2, 0) is 0 Å².